The number of benzene rings is 2. The topological polar surface area (TPSA) is 110 Å². The third-order valence-corrected chi connectivity index (χ3v) is 7.33. The van der Waals surface area contributed by atoms with E-state index in [1.165, 1.54) is 28.6 Å². The van der Waals surface area contributed by atoms with Crippen molar-refractivity contribution in [3.63, 3.8) is 0 Å². The number of carbonyl (C=O) groups excluding carboxylic acids is 2. The molecular weight excluding hydrogens is 414 g/mol. The molecule has 1 saturated heterocycles. The SMILES string of the molecule is CC1CC(C)CN(S(=O)(=O)c2cccc(C(=O)NC(Cc3ccccc3)C(N)=O)c2)C1. The molecule has 7 nitrogen and oxygen atoms in total. The van der Waals surface area contributed by atoms with Crippen LogP contribution in [0.2, 0.25) is 0 Å². The highest BCUT2D eigenvalue weighted by Gasteiger charge is 2.32. The second-order valence-electron chi connectivity index (χ2n) is 8.41. The summed E-state index contributed by atoms with van der Waals surface area (Å²) in [7, 11) is -3.72. The maximum atomic E-state index is 13.1. The molecule has 1 fully saturated rings. The Bertz CT molecular complexity index is 1030. The summed E-state index contributed by atoms with van der Waals surface area (Å²) in [6, 6.07) is 14.2. The number of nitrogens with two attached hydrogens (primary N) is 1. The van der Waals surface area contributed by atoms with E-state index in [0.29, 0.717) is 13.1 Å². The first-order chi connectivity index (χ1) is 14.7. The van der Waals surface area contributed by atoms with Gasteiger partial charge in [0.05, 0.1) is 4.90 Å². The third-order valence-electron chi connectivity index (χ3n) is 5.50. The molecule has 2 aromatic carbocycles. The molecule has 2 aromatic rings. The quantitative estimate of drug-likeness (QED) is 0.683. The van der Waals surface area contributed by atoms with Gasteiger partial charge in [-0.2, -0.15) is 4.31 Å². The summed E-state index contributed by atoms with van der Waals surface area (Å²) in [4.78, 5) is 24.7. The minimum atomic E-state index is -3.72. The van der Waals surface area contributed by atoms with Crippen LogP contribution in [0.4, 0.5) is 0 Å². The molecule has 31 heavy (non-hydrogen) atoms. The van der Waals surface area contributed by atoms with E-state index in [1.54, 1.807) is 0 Å². The van der Waals surface area contributed by atoms with Crippen molar-refractivity contribution in [2.75, 3.05) is 13.1 Å². The van der Waals surface area contributed by atoms with Crippen LogP contribution in [0, 0.1) is 11.8 Å². The Morgan fingerprint density at radius 3 is 2.32 bits per heavy atom. The molecular formula is C23H29N3O4S. The summed E-state index contributed by atoms with van der Waals surface area (Å²) >= 11 is 0. The number of nitrogens with zero attached hydrogens (tertiary/aromatic N) is 1. The van der Waals surface area contributed by atoms with Gasteiger partial charge in [0, 0.05) is 25.1 Å². The standard InChI is InChI=1S/C23H29N3O4S/c1-16-11-17(2)15-26(14-16)31(29,30)20-10-6-9-19(13-20)23(28)25-21(22(24)27)12-18-7-4-3-5-8-18/h3-10,13,16-17,21H,11-12,14-15H2,1-2H3,(H2,24,27)(H,25,28). The molecule has 1 aliphatic heterocycles. The van der Waals surface area contributed by atoms with Crippen LogP contribution in [-0.4, -0.2) is 43.7 Å². The molecule has 1 aliphatic rings. The van der Waals surface area contributed by atoms with E-state index < -0.39 is 27.9 Å². The van der Waals surface area contributed by atoms with Crippen molar-refractivity contribution in [3.8, 4) is 0 Å². The smallest absolute Gasteiger partial charge is 0.251 e. The maximum absolute atomic E-state index is 13.1. The van der Waals surface area contributed by atoms with Gasteiger partial charge in [0.25, 0.3) is 5.91 Å². The van der Waals surface area contributed by atoms with Gasteiger partial charge in [-0.1, -0.05) is 50.2 Å². The lowest BCUT2D eigenvalue weighted by Crippen LogP contribution is -2.46. The minimum absolute atomic E-state index is 0.0696. The summed E-state index contributed by atoms with van der Waals surface area (Å²) in [5, 5.41) is 2.63. The number of hydrogen-bond donors (Lipinski definition) is 2. The van der Waals surface area contributed by atoms with Crippen LogP contribution < -0.4 is 11.1 Å². The van der Waals surface area contributed by atoms with E-state index in [1.807, 2.05) is 44.2 Å². The van der Waals surface area contributed by atoms with Crippen LogP contribution in [0.1, 0.15) is 36.2 Å². The van der Waals surface area contributed by atoms with E-state index in [0.717, 1.165) is 12.0 Å². The predicted molar refractivity (Wildman–Crippen MR) is 119 cm³/mol. The Kier molecular flexibility index (Phi) is 7.12. The lowest BCUT2D eigenvalue weighted by Gasteiger charge is -2.34. The summed E-state index contributed by atoms with van der Waals surface area (Å²) in [6.45, 7) is 5.01. The lowest BCUT2D eigenvalue weighted by molar-refractivity contribution is -0.119. The van der Waals surface area contributed by atoms with E-state index >= 15 is 0 Å². The Morgan fingerprint density at radius 2 is 1.71 bits per heavy atom. The van der Waals surface area contributed by atoms with Gasteiger partial charge < -0.3 is 11.1 Å². The van der Waals surface area contributed by atoms with Gasteiger partial charge in [-0.05, 0) is 42.0 Å². The van der Waals surface area contributed by atoms with Gasteiger partial charge in [-0.3, -0.25) is 9.59 Å². The first-order valence-electron chi connectivity index (χ1n) is 10.4. The van der Waals surface area contributed by atoms with Crippen LogP contribution in [0.25, 0.3) is 0 Å². The molecule has 8 heteroatoms. The van der Waals surface area contributed by atoms with Gasteiger partial charge in [0.1, 0.15) is 6.04 Å². The van der Waals surface area contributed by atoms with Crippen molar-refractivity contribution in [2.24, 2.45) is 17.6 Å². The van der Waals surface area contributed by atoms with E-state index in [4.69, 9.17) is 5.73 Å². The van der Waals surface area contributed by atoms with Crippen molar-refractivity contribution in [2.45, 2.75) is 37.6 Å². The zero-order valence-electron chi connectivity index (χ0n) is 17.8. The van der Waals surface area contributed by atoms with Crippen molar-refractivity contribution in [3.05, 3.63) is 65.7 Å². The lowest BCUT2D eigenvalue weighted by atomic mass is 9.94. The van der Waals surface area contributed by atoms with Crippen LogP contribution >= 0.6 is 0 Å². The molecule has 0 spiro atoms. The monoisotopic (exact) mass is 443 g/mol. The molecule has 3 atom stereocenters. The molecule has 1 heterocycles. The summed E-state index contributed by atoms with van der Waals surface area (Å²) in [5.41, 5.74) is 6.50. The summed E-state index contributed by atoms with van der Waals surface area (Å²) in [5.74, 6) is -0.645. The second-order valence-corrected chi connectivity index (χ2v) is 10.4. The predicted octanol–water partition coefficient (Wildman–Crippen LogP) is 2.18. The van der Waals surface area contributed by atoms with Gasteiger partial charge in [-0.15, -0.1) is 0 Å². The van der Waals surface area contributed by atoms with Gasteiger partial charge in [0.2, 0.25) is 15.9 Å². The Labute approximate surface area is 183 Å². The molecule has 0 bridgehead atoms. The van der Waals surface area contributed by atoms with Crippen LogP contribution in [0.5, 0.6) is 0 Å². The Balaban J connectivity index is 1.78. The first kappa shape index (κ1) is 23.0. The minimum Gasteiger partial charge on any atom is -0.368 e. The van der Waals surface area contributed by atoms with Crippen molar-refractivity contribution in [1.29, 1.82) is 0 Å². The zero-order chi connectivity index (χ0) is 22.6. The number of carbonyl (C=O) groups is 2. The van der Waals surface area contributed by atoms with Crippen LogP contribution in [0.3, 0.4) is 0 Å². The number of amides is 2. The molecule has 3 unspecified atom stereocenters. The highest BCUT2D eigenvalue weighted by atomic mass is 32.2. The number of rotatable bonds is 7. The summed E-state index contributed by atoms with van der Waals surface area (Å²) < 4.78 is 27.8. The summed E-state index contributed by atoms with van der Waals surface area (Å²) in [6.07, 6.45) is 1.24. The fourth-order valence-corrected chi connectivity index (χ4v) is 5.79. The van der Waals surface area contributed by atoms with Crippen molar-refractivity contribution >= 4 is 21.8 Å². The van der Waals surface area contributed by atoms with Crippen LogP contribution in [0.15, 0.2) is 59.5 Å². The molecule has 2 amide bonds. The molecule has 3 N–H and O–H groups in total. The highest BCUT2D eigenvalue weighted by Crippen LogP contribution is 2.27. The van der Waals surface area contributed by atoms with Crippen molar-refractivity contribution < 1.29 is 18.0 Å². The van der Waals surface area contributed by atoms with E-state index in [-0.39, 0.29) is 28.7 Å². The fraction of sp³-hybridized carbons (Fsp3) is 0.391. The second kappa shape index (κ2) is 9.62. The van der Waals surface area contributed by atoms with Crippen molar-refractivity contribution in [1.82, 2.24) is 9.62 Å². The molecule has 0 radical (unpaired) electrons. The zero-order valence-corrected chi connectivity index (χ0v) is 18.6. The number of nitrogens with one attached hydrogen (secondary N) is 1. The number of piperidine rings is 1. The molecule has 0 aliphatic carbocycles. The molecule has 166 valence electrons. The largest absolute Gasteiger partial charge is 0.368 e. The van der Waals surface area contributed by atoms with E-state index in [9.17, 15) is 18.0 Å². The van der Waals surface area contributed by atoms with Gasteiger partial charge >= 0.3 is 0 Å². The van der Waals surface area contributed by atoms with Gasteiger partial charge in [0.15, 0.2) is 0 Å². The number of hydrogen-bond acceptors (Lipinski definition) is 4. The Morgan fingerprint density at radius 1 is 1.06 bits per heavy atom. The molecule has 0 aromatic heterocycles. The molecule has 3 rings (SSSR count). The maximum Gasteiger partial charge on any atom is 0.251 e. The average molecular weight is 444 g/mol. The highest BCUT2D eigenvalue weighted by molar-refractivity contribution is 7.89. The van der Waals surface area contributed by atoms with Gasteiger partial charge in [-0.25, -0.2) is 8.42 Å². The number of primary amides is 1. The van der Waals surface area contributed by atoms with E-state index in [2.05, 4.69) is 5.32 Å². The normalized spacial score (nSPS) is 20.7. The number of sulfonamides is 1. The Hall–Kier alpha value is -2.71. The van der Waals surface area contributed by atoms with Crippen LogP contribution in [-0.2, 0) is 21.2 Å². The average Bonchev–Trinajstić information content (AvgIpc) is 2.73. The molecule has 0 saturated carbocycles. The first-order valence-corrected chi connectivity index (χ1v) is 11.8. The fourth-order valence-electron chi connectivity index (χ4n) is 4.06. The third kappa shape index (κ3) is 5.71.